The van der Waals surface area contributed by atoms with Crippen molar-refractivity contribution in [1.82, 2.24) is 14.4 Å². The SMILES string of the molecule is CCOc1cc2nc(C3CCOCC3)cn2cc1CC(=O)c1ccc2c(n1)CCC2. The number of ether oxygens (including phenoxy) is 2. The fraction of sp³-hybridized carbons (Fsp3) is 0.458. The lowest BCUT2D eigenvalue weighted by atomic mass is 9.97. The first-order chi connectivity index (χ1) is 14.7. The maximum atomic E-state index is 13.0. The zero-order valence-electron chi connectivity index (χ0n) is 17.4. The molecule has 0 N–H and O–H groups in total. The summed E-state index contributed by atoms with van der Waals surface area (Å²) in [5.41, 5.74) is 5.72. The number of hydrogen-bond acceptors (Lipinski definition) is 5. The normalized spacial score (nSPS) is 16.7. The van der Waals surface area contributed by atoms with Crippen LogP contribution < -0.4 is 4.74 Å². The lowest BCUT2D eigenvalue weighted by Gasteiger charge is -2.19. The minimum atomic E-state index is 0.0229. The first-order valence-corrected chi connectivity index (χ1v) is 11.0. The molecule has 3 aromatic rings. The Kier molecular flexibility index (Phi) is 5.25. The molecule has 5 rings (SSSR count). The number of carbonyl (C=O) groups is 1. The summed E-state index contributed by atoms with van der Waals surface area (Å²) in [5, 5.41) is 0. The molecule has 0 saturated carbocycles. The van der Waals surface area contributed by atoms with Crippen LogP contribution in [-0.2, 0) is 24.0 Å². The van der Waals surface area contributed by atoms with E-state index in [2.05, 4.69) is 17.2 Å². The van der Waals surface area contributed by atoms with Gasteiger partial charge in [0.2, 0.25) is 0 Å². The van der Waals surface area contributed by atoms with Crippen molar-refractivity contribution in [2.24, 2.45) is 0 Å². The van der Waals surface area contributed by atoms with Crippen LogP contribution in [0.25, 0.3) is 5.65 Å². The lowest BCUT2D eigenvalue weighted by molar-refractivity contribution is 0.0846. The summed E-state index contributed by atoms with van der Waals surface area (Å²) in [6, 6.07) is 5.88. The average Bonchev–Trinajstić information content (AvgIpc) is 3.40. The number of imidazole rings is 1. The van der Waals surface area contributed by atoms with Gasteiger partial charge in [0.25, 0.3) is 0 Å². The van der Waals surface area contributed by atoms with Crippen molar-refractivity contribution in [3.05, 3.63) is 58.8 Å². The molecular weight excluding hydrogens is 378 g/mol. The van der Waals surface area contributed by atoms with Gasteiger partial charge < -0.3 is 13.9 Å². The molecule has 2 aliphatic rings. The van der Waals surface area contributed by atoms with Crippen molar-refractivity contribution in [2.75, 3.05) is 19.8 Å². The Morgan fingerprint density at radius 3 is 2.90 bits per heavy atom. The highest BCUT2D eigenvalue weighted by Gasteiger charge is 2.21. The van der Waals surface area contributed by atoms with Crippen LogP contribution in [0.5, 0.6) is 5.75 Å². The number of ketones is 1. The fourth-order valence-electron chi connectivity index (χ4n) is 4.53. The van der Waals surface area contributed by atoms with Gasteiger partial charge in [0.1, 0.15) is 17.1 Å². The Hall–Kier alpha value is -2.73. The topological polar surface area (TPSA) is 65.7 Å². The van der Waals surface area contributed by atoms with Crippen molar-refractivity contribution in [3.8, 4) is 5.75 Å². The quantitative estimate of drug-likeness (QED) is 0.581. The van der Waals surface area contributed by atoms with E-state index < -0.39 is 0 Å². The maximum absolute atomic E-state index is 13.0. The molecular formula is C24H27N3O3. The minimum absolute atomic E-state index is 0.0229. The van der Waals surface area contributed by atoms with E-state index >= 15 is 0 Å². The summed E-state index contributed by atoms with van der Waals surface area (Å²) in [5.74, 6) is 1.17. The Bertz CT molecular complexity index is 1080. The van der Waals surface area contributed by atoms with Crippen LogP contribution in [0, 0.1) is 0 Å². The first kappa shape index (κ1) is 19.2. The Morgan fingerprint density at radius 1 is 1.20 bits per heavy atom. The summed E-state index contributed by atoms with van der Waals surface area (Å²) in [6.45, 7) is 4.07. The molecule has 156 valence electrons. The van der Waals surface area contributed by atoms with Crippen LogP contribution in [0.2, 0.25) is 0 Å². The molecule has 3 aromatic heterocycles. The predicted octanol–water partition coefficient (Wildman–Crippen LogP) is 3.94. The molecule has 0 aromatic carbocycles. The minimum Gasteiger partial charge on any atom is -0.493 e. The van der Waals surface area contributed by atoms with Crippen LogP contribution in [-0.4, -0.2) is 40.0 Å². The Morgan fingerprint density at radius 2 is 2.07 bits per heavy atom. The van der Waals surface area contributed by atoms with Gasteiger partial charge in [-0.25, -0.2) is 9.97 Å². The highest BCUT2D eigenvalue weighted by Crippen LogP contribution is 2.29. The third kappa shape index (κ3) is 3.72. The maximum Gasteiger partial charge on any atom is 0.185 e. The third-order valence-corrected chi connectivity index (χ3v) is 6.16. The van der Waals surface area contributed by atoms with Crippen molar-refractivity contribution in [2.45, 2.75) is 51.4 Å². The van der Waals surface area contributed by atoms with Crippen molar-refractivity contribution >= 4 is 11.4 Å². The number of rotatable bonds is 6. The van der Waals surface area contributed by atoms with Crippen LogP contribution in [0.1, 0.15) is 65.1 Å². The number of nitrogens with zero attached hydrogens (tertiary/aromatic N) is 3. The van der Waals surface area contributed by atoms with E-state index in [0.29, 0.717) is 18.2 Å². The van der Waals surface area contributed by atoms with Gasteiger partial charge in [-0.3, -0.25) is 4.79 Å². The number of carbonyl (C=O) groups excluding carboxylic acids is 1. The molecule has 1 saturated heterocycles. The summed E-state index contributed by atoms with van der Waals surface area (Å²) in [4.78, 5) is 22.5. The number of Topliss-reactive ketones (excluding diaryl/α,β-unsaturated/α-hetero) is 1. The molecule has 30 heavy (non-hydrogen) atoms. The van der Waals surface area contributed by atoms with Crippen LogP contribution in [0.15, 0.2) is 30.6 Å². The van der Waals surface area contributed by atoms with Crippen molar-refractivity contribution < 1.29 is 14.3 Å². The molecule has 6 heteroatoms. The van der Waals surface area contributed by atoms with E-state index in [0.717, 1.165) is 73.7 Å². The number of aromatic nitrogens is 3. The second-order valence-corrected chi connectivity index (χ2v) is 8.17. The van der Waals surface area contributed by atoms with Crippen LogP contribution in [0.3, 0.4) is 0 Å². The number of aryl methyl sites for hydroxylation is 2. The number of pyridine rings is 2. The monoisotopic (exact) mass is 405 g/mol. The molecule has 0 atom stereocenters. The molecule has 1 aliphatic carbocycles. The molecule has 0 amide bonds. The van der Waals surface area contributed by atoms with Crippen molar-refractivity contribution in [1.29, 1.82) is 0 Å². The average molecular weight is 405 g/mol. The van der Waals surface area contributed by atoms with Gasteiger partial charge in [-0.05, 0) is 50.7 Å². The third-order valence-electron chi connectivity index (χ3n) is 6.16. The molecule has 6 nitrogen and oxygen atoms in total. The molecule has 0 unspecified atom stereocenters. The number of fused-ring (bicyclic) bond motifs is 2. The van der Waals surface area contributed by atoms with E-state index in [9.17, 15) is 4.79 Å². The molecule has 1 fully saturated rings. The molecule has 4 heterocycles. The fourth-order valence-corrected chi connectivity index (χ4v) is 4.53. The lowest BCUT2D eigenvalue weighted by Crippen LogP contribution is -2.14. The zero-order chi connectivity index (χ0) is 20.5. The predicted molar refractivity (Wildman–Crippen MR) is 113 cm³/mol. The standard InChI is InChI=1S/C24H27N3O3/c1-2-30-23-13-24-26-21(17-8-10-29-11-9-17)15-27(24)14-18(23)12-22(28)20-7-6-16-4-3-5-19(16)25-20/h6-7,13-15,17H,2-5,8-12H2,1H3. The molecule has 0 bridgehead atoms. The molecule has 1 aliphatic heterocycles. The largest absolute Gasteiger partial charge is 0.493 e. The summed E-state index contributed by atoms with van der Waals surface area (Å²) in [7, 11) is 0. The summed E-state index contributed by atoms with van der Waals surface area (Å²) in [6.07, 6.45) is 9.50. The van der Waals surface area contributed by atoms with E-state index in [1.165, 1.54) is 5.56 Å². The van der Waals surface area contributed by atoms with E-state index in [4.69, 9.17) is 14.5 Å². The molecule has 0 radical (unpaired) electrons. The smallest absolute Gasteiger partial charge is 0.185 e. The highest BCUT2D eigenvalue weighted by molar-refractivity contribution is 5.96. The van der Waals surface area contributed by atoms with Gasteiger partial charge in [-0.2, -0.15) is 0 Å². The second kappa shape index (κ2) is 8.19. The number of hydrogen-bond donors (Lipinski definition) is 0. The van der Waals surface area contributed by atoms with E-state index in [1.807, 2.05) is 29.7 Å². The van der Waals surface area contributed by atoms with Gasteiger partial charge >= 0.3 is 0 Å². The Balaban J connectivity index is 1.44. The zero-order valence-corrected chi connectivity index (χ0v) is 17.4. The van der Waals surface area contributed by atoms with Gasteiger partial charge in [0, 0.05) is 55.3 Å². The second-order valence-electron chi connectivity index (χ2n) is 8.17. The van der Waals surface area contributed by atoms with Gasteiger partial charge in [-0.1, -0.05) is 6.07 Å². The van der Waals surface area contributed by atoms with Crippen LogP contribution >= 0.6 is 0 Å². The highest BCUT2D eigenvalue weighted by atomic mass is 16.5. The van der Waals surface area contributed by atoms with Gasteiger partial charge in [-0.15, -0.1) is 0 Å². The van der Waals surface area contributed by atoms with Gasteiger partial charge in [0.05, 0.1) is 12.3 Å². The summed E-state index contributed by atoms with van der Waals surface area (Å²) < 4.78 is 13.4. The van der Waals surface area contributed by atoms with Crippen molar-refractivity contribution in [3.63, 3.8) is 0 Å². The van der Waals surface area contributed by atoms with E-state index in [1.54, 1.807) is 0 Å². The summed E-state index contributed by atoms with van der Waals surface area (Å²) >= 11 is 0. The van der Waals surface area contributed by atoms with Gasteiger partial charge in [0.15, 0.2) is 5.78 Å². The van der Waals surface area contributed by atoms with Crippen LogP contribution in [0.4, 0.5) is 0 Å². The molecule has 0 spiro atoms. The Labute approximate surface area is 176 Å². The first-order valence-electron chi connectivity index (χ1n) is 11.0. The van der Waals surface area contributed by atoms with E-state index in [-0.39, 0.29) is 12.2 Å².